The highest BCUT2D eigenvalue weighted by Crippen LogP contribution is 2.26. The third-order valence-corrected chi connectivity index (χ3v) is 5.36. The number of thiophene rings is 1. The summed E-state index contributed by atoms with van der Waals surface area (Å²) in [5.41, 5.74) is 2.77. The molecule has 1 heterocycles. The largest absolute Gasteiger partial charge is 0.495 e. The van der Waals surface area contributed by atoms with E-state index in [1.165, 1.54) is 4.88 Å². The summed E-state index contributed by atoms with van der Waals surface area (Å²) in [6, 6.07) is 19.6. The number of methoxy groups -OCH3 is 1. The minimum atomic E-state index is -0.309. The van der Waals surface area contributed by atoms with Crippen molar-refractivity contribution in [1.82, 2.24) is 0 Å². The number of carbonyl (C=O) groups excluding carboxylic acids is 1. The van der Waals surface area contributed by atoms with Gasteiger partial charge in [-0.25, -0.2) is 0 Å². The number of carbonyl (C=O) groups is 1. The normalized spacial score (nSPS) is 11.8. The lowest BCUT2D eigenvalue weighted by Gasteiger charge is -2.17. The Balaban J connectivity index is 1.75. The van der Waals surface area contributed by atoms with Crippen molar-refractivity contribution in [2.75, 3.05) is 19.0 Å². The molecular formula is C22H25N2O2S+. The highest BCUT2D eigenvalue weighted by molar-refractivity contribution is 7.09. The first-order valence-electron chi connectivity index (χ1n) is 9.03. The molecule has 1 amide bonds. The molecule has 1 aromatic heterocycles. The smallest absolute Gasteiger partial charge is 0.287 e. The lowest BCUT2D eigenvalue weighted by atomic mass is 10.1. The zero-order valence-electron chi connectivity index (χ0n) is 15.6. The summed E-state index contributed by atoms with van der Waals surface area (Å²) in [7, 11) is 1.61. The Kier molecular flexibility index (Phi) is 6.63. The molecule has 0 bridgehead atoms. The molecule has 0 unspecified atom stereocenters. The van der Waals surface area contributed by atoms with E-state index in [0.717, 1.165) is 24.1 Å². The molecule has 27 heavy (non-hydrogen) atoms. The summed E-state index contributed by atoms with van der Waals surface area (Å²) in [5.74, 6) is 0.621. The fraction of sp³-hybridized carbons (Fsp3) is 0.227. The molecule has 2 aromatic carbocycles. The van der Waals surface area contributed by atoms with E-state index < -0.39 is 0 Å². The van der Waals surface area contributed by atoms with Gasteiger partial charge in [-0.05, 0) is 36.1 Å². The molecule has 0 saturated heterocycles. The average Bonchev–Trinajstić information content (AvgIpc) is 3.19. The summed E-state index contributed by atoms with van der Waals surface area (Å²) in [6.45, 7) is 2.84. The molecule has 3 N–H and O–H groups in total. The van der Waals surface area contributed by atoms with Crippen molar-refractivity contribution in [1.29, 1.82) is 0 Å². The first-order valence-corrected chi connectivity index (χ1v) is 9.91. The number of nitrogens with one attached hydrogen (secondary N) is 1. The molecule has 3 rings (SSSR count). The number of anilines is 1. The van der Waals surface area contributed by atoms with Gasteiger partial charge in [0, 0.05) is 16.9 Å². The molecule has 140 valence electrons. The van der Waals surface area contributed by atoms with Gasteiger partial charge in [0.25, 0.3) is 5.91 Å². The Labute approximate surface area is 164 Å². The summed E-state index contributed by atoms with van der Waals surface area (Å²) >= 11 is 1.75. The van der Waals surface area contributed by atoms with Crippen LogP contribution >= 0.6 is 11.3 Å². The zero-order chi connectivity index (χ0) is 19.1. The molecule has 0 aliphatic heterocycles. The predicted molar refractivity (Wildman–Crippen MR) is 110 cm³/mol. The number of quaternary nitrogens is 1. The minimum absolute atomic E-state index is 0.0451. The van der Waals surface area contributed by atoms with Gasteiger partial charge in [0.15, 0.2) is 6.04 Å². The molecule has 1 atom stereocenters. The van der Waals surface area contributed by atoms with Crippen LogP contribution in [0.1, 0.15) is 22.0 Å². The van der Waals surface area contributed by atoms with Crippen molar-refractivity contribution in [2.45, 2.75) is 19.4 Å². The SMILES string of the molecule is COc1ccc(C)cc1NC(=O)[C@@H]([NH2+]CCc1cccs1)c1ccccc1. The fourth-order valence-electron chi connectivity index (χ4n) is 3.03. The van der Waals surface area contributed by atoms with Crippen LogP contribution < -0.4 is 15.4 Å². The van der Waals surface area contributed by atoms with E-state index in [4.69, 9.17) is 4.74 Å². The second kappa shape index (κ2) is 9.35. The molecule has 0 radical (unpaired) electrons. The Morgan fingerprint density at radius 1 is 1.15 bits per heavy atom. The van der Waals surface area contributed by atoms with Gasteiger partial charge in [-0.1, -0.05) is 42.5 Å². The lowest BCUT2D eigenvalue weighted by Crippen LogP contribution is -2.87. The third kappa shape index (κ3) is 5.18. The van der Waals surface area contributed by atoms with Crippen LogP contribution in [0, 0.1) is 6.92 Å². The monoisotopic (exact) mass is 381 g/mol. The van der Waals surface area contributed by atoms with Crippen molar-refractivity contribution in [3.05, 3.63) is 82.0 Å². The number of aryl methyl sites for hydroxylation is 1. The van der Waals surface area contributed by atoms with Crippen molar-refractivity contribution < 1.29 is 14.8 Å². The van der Waals surface area contributed by atoms with E-state index in [0.29, 0.717) is 11.4 Å². The molecule has 0 aliphatic carbocycles. The maximum Gasteiger partial charge on any atom is 0.287 e. The van der Waals surface area contributed by atoms with Crippen LogP contribution in [0.15, 0.2) is 66.0 Å². The van der Waals surface area contributed by atoms with Crippen molar-refractivity contribution >= 4 is 22.9 Å². The number of hydrogen-bond donors (Lipinski definition) is 2. The van der Waals surface area contributed by atoms with Crippen molar-refractivity contribution in [2.24, 2.45) is 0 Å². The Bertz CT molecular complexity index is 863. The van der Waals surface area contributed by atoms with E-state index in [1.807, 2.05) is 55.5 Å². The van der Waals surface area contributed by atoms with Gasteiger partial charge >= 0.3 is 0 Å². The topological polar surface area (TPSA) is 54.9 Å². The van der Waals surface area contributed by atoms with E-state index in [2.05, 4.69) is 28.1 Å². The summed E-state index contributed by atoms with van der Waals surface area (Å²) in [5, 5.41) is 7.24. The quantitative estimate of drug-likeness (QED) is 0.627. The summed E-state index contributed by atoms with van der Waals surface area (Å²) in [4.78, 5) is 14.4. The molecule has 0 fully saturated rings. The van der Waals surface area contributed by atoms with Gasteiger partial charge in [0.1, 0.15) is 5.75 Å². The molecular weight excluding hydrogens is 356 g/mol. The zero-order valence-corrected chi connectivity index (χ0v) is 16.5. The predicted octanol–water partition coefficient (Wildman–Crippen LogP) is 3.55. The number of nitrogens with two attached hydrogens (primary N) is 1. The van der Waals surface area contributed by atoms with Crippen molar-refractivity contribution in [3.63, 3.8) is 0 Å². The maximum absolute atomic E-state index is 13.1. The number of ether oxygens (including phenoxy) is 1. The molecule has 5 heteroatoms. The van der Waals surface area contributed by atoms with Crippen LogP contribution in [0.4, 0.5) is 5.69 Å². The minimum Gasteiger partial charge on any atom is -0.495 e. The van der Waals surface area contributed by atoms with Crippen LogP contribution in [0.2, 0.25) is 0 Å². The summed E-state index contributed by atoms with van der Waals surface area (Å²) < 4.78 is 5.39. The number of hydrogen-bond acceptors (Lipinski definition) is 3. The van der Waals surface area contributed by atoms with Crippen LogP contribution in [-0.4, -0.2) is 19.6 Å². The van der Waals surface area contributed by atoms with Crippen LogP contribution in [0.25, 0.3) is 0 Å². The number of amides is 1. The second-order valence-electron chi connectivity index (χ2n) is 6.44. The van der Waals surface area contributed by atoms with Gasteiger partial charge in [0.05, 0.1) is 19.3 Å². The van der Waals surface area contributed by atoms with Crippen LogP contribution in [0.3, 0.4) is 0 Å². The second-order valence-corrected chi connectivity index (χ2v) is 7.47. The highest BCUT2D eigenvalue weighted by Gasteiger charge is 2.24. The molecule has 3 aromatic rings. The lowest BCUT2D eigenvalue weighted by molar-refractivity contribution is -0.682. The van der Waals surface area contributed by atoms with Gasteiger partial charge in [-0.3, -0.25) is 4.79 Å². The number of rotatable bonds is 8. The van der Waals surface area contributed by atoms with Gasteiger partial charge in [-0.2, -0.15) is 0 Å². The standard InChI is InChI=1S/C22H24N2O2S/c1-16-10-11-20(26-2)19(15-16)24-22(25)21(17-7-4-3-5-8-17)23-13-12-18-9-6-14-27-18/h3-11,14-15,21,23H,12-13H2,1-2H3,(H,24,25)/p+1/t21-/m0/s1. The fourth-order valence-corrected chi connectivity index (χ4v) is 3.76. The third-order valence-electron chi connectivity index (χ3n) is 4.43. The van der Waals surface area contributed by atoms with Crippen LogP contribution in [0.5, 0.6) is 5.75 Å². The Hall–Kier alpha value is -2.63. The van der Waals surface area contributed by atoms with E-state index >= 15 is 0 Å². The maximum atomic E-state index is 13.1. The molecule has 0 spiro atoms. The van der Waals surface area contributed by atoms with E-state index in [9.17, 15) is 4.79 Å². The van der Waals surface area contributed by atoms with Gasteiger partial charge < -0.3 is 15.4 Å². The molecule has 4 nitrogen and oxygen atoms in total. The highest BCUT2D eigenvalue weighted by atomic mass is 32.1. The van der Waals surface area contributed by atoms with E-state index in [1.54, 1.807) is 18.4 Å². The van der Waals surface area contributed by atoms with Gasteiger partial charge in [-0.15, -0.1) is 11.3 Å². The molecule has 0 saturated carbocycles. The first-order chi connectivity index (χ1) is 13.2. The van der Waals surface area contributed by atoms with E-state index in [-0.39, 0.29) is 11.9 Å². The van der Waals surface area contributed by atoms with Crippen molar-refractivity contribution in [3.8, 4) is 5.75 Å². The Morgan fingerprint density at radius 2 is 1.96 bits per heavy atom. The number of benzene rings is 2. The first kappa shape index (κ1) is 19.1. The molecule has 0 aliphatic rings. The Morgan fingerprint density at radius 3 is 2.67 bits per heavy atom. The summed E-state index contributed by atoms with van der Waals surface area (Å²) in [6.07, 6.45) is 0.946. The van der Waals surface area contributed by atoms with Gasteiger partial charge in [0.2, 0.25) is 0 Å². The van der Waals surface area contributed by atoms with Crippen LogP contribution in [-0.2, 0) is 11.2 Å². The average molecular weight is 382 g/mol.